The number of para-hydroxylation sites is 1. The topological polar surface area (TPSA) is 79.7 Å². The van der Waals surface area contributed by atoms with Crippen molar-refractivity contribution >= 4 is 39.8 Å². The summed E-state index contributed by atoms with van der Waals surface area (Å²) in [7, 11) is 0. The monoisotopic (exact) mass is 562 g/mol. The molecule has 5 rings (SSSR count). The van der Waals surface area contributed by atoms with Gasteiger partial charge in [-0.25, -0.2) is 4.79 Å². The summed E-state index contributed by atoms with van der Waals surface area (Å²) in [5.74, 6) is 1.17. The van der Waals surface area contributed by atoms with Crippen molar-refractivity contribution in [3.8, 4) is 5.75 Å². The van der Waals surface area contributed by atoms with Gasteiger partial charge in [-0.15, -0.1) is 11.3 Å². The second-order valence-corrected chi connectivity index (χ2v) is 13.3. The lowest BCUT2D eigenvalue weighted by atomic mass is 9.81. The van der Waals surface area contributed by atoms with Crippen LogP contribution in [0, 0.1) is 17.8 Å². The Morgan fingerprint density at radius 1 is 1.05 bits per heavy atom. The van der Waals surface area contributed by atoms with E-state index in [1.165, 1.54) is 11.3 Å². The average Bonchev–Trinajstić information content (AvgIpc) is 3.38. The van der Waals surface area contributed by atoms with Crippen molar-refractivity contribution in [2.45, 2.75) is 97.1 Å². The van der Waals surface area contributed by atoms with Gasteiger partial charge in [0.2, 0.25) is 5.91 Å². The van der Waals surface area contributed by atoms with Gasteiger partial charge in [-0.1, -0.05) is 32.9 Å². The van der Waals surface area contributed by atoms with Gasteiger partial charge in [0.25, 0.3) is 0 Å². The van der Waals surface area contributed by atoms with E-state index in [0.717, 1.165) is 85.7 Å². The Kier molecular flexibility index (Phi) is 9.09. The highest BCUT2D eigenvalue weighted by molar-refractivity contribution is 7.14. The number of carbonyl (C=O) groups excluding carboxylic acids is 1. The number of hydrogen-bond donors (Lipinski definition) is 1. The highest BCUT2D eigenvalue weighted by Gasteiger charge is 2.38. The summed E-state index contributed by atoms with van der Waals surface area (Å²) in [5, 5.41) is 11.2. The third kappa shape index (κ3) is 6.51. The Morgan fingerprint density at radius 2 is 1.77 bits per heavy atom. The standard InChI is InChI=1S/C33H42N2O4S/c1-21(2)8-17-26-20-29(31(40-26)33(37)38)35(32(36)23-11-9-22(3)10-12-23)24-13-15-25(16-14-24)39-30-18-19-34-28-7-5-4-6-27(28)30/h4-7,18-25H,8-17H2,1-3H3,(H,37,38). The van der Waals surface area contributed by atoms with Crippen LogP contribution in [0.2, 0.25) is 0 Å². The van der Waals surface area contributed by atoms with E-state index in [4.69, 9.17) is 4.74 Å². The maximum atomic E-state index is 14.2. The third-order valence-electron chi connectivity index (χ3n) is 8.70. The zero-order valence-corrected chi connectivity index (χ0v) is 24.8. The number of amides is 1. The van der Waals surface area contributed by atoms with Crippen LogP contribution in [-0.4, -0.2) is 34.1 Å². The molecule has 40 heavy (non-hydrogen) atoms. The van der Waals surface area contributed by atoms with Gasteiger partial charge in [0.15, 0.2) is 0 Å². The first-order chi connectivity index (χ1) is 19.3. The van der Waals surface area contributed by atoms with Crippen molar-refractivity contribution in [2.24, 2.45) is 17.8 Å². The van der Waals surface area contributed by atoms with Gasteiger partial charge in [-0.05, 0) is 100 Å². The van der Waals surface area contributed by atoms with E-state index in [9.17, 15) is 14.7 Å². The van der Waals surface area contributed by atoms with E-state index < -0.39 is 5.97 Å². The van der Waals surface area contributed by atoms with Gasteiger partial charge < -0.3 is 14.7 Å². The minimum absolute atomic E-state index is 0.0217. The van der Waals surface area contributed by atoms with Gasteiger partial charge in [0.05, 0.1) is 17.3 Å². The second kappa shape index (κ2) is 12.7. The van der Waals surface area contributed by atoms with Gasteiger partial charge >= 0.3 is 5.97 Å². The number of thiophene rings is 1. The first-order valence-corrected chi connectivity index (χ1v) is 15.8. The fourth-order valence-corrected chi connectivity index (χ4v) is 7.29. The molecule has 6 nitrogen and oxygen atoms in total. The maximum Gasteiger partial charge on any atom is 0.348 e. The zero-order chi connectivity index (χ0) is 28.2. The van der Waals surface area contributed by atoms with E-state index in [1.54, 1.807) is 6.20 Å². The molecular weight excluding hydrogens is 520 g/mol. The number of aryl methyl sites for hydroxylation is 1. The normalized spacial score (nSPS) is 23.3. The number of aromatic nitrogens is 1. The average molecular weight is 563 g/mol. The van der Waals surface area contributed by atoms with E-state index in [0.29, 0.717) is 22.4 Å². The zero-order valence-electron chi connectivity index (χ0n) is 24.0. The first-order valence-electron chi connectivity index (χ1n) is 15.0. The van der Waals surface area contributed by atoms with Crippen LogP contribution in [0.1, 0.15) is 93.1 Å². The molecule has 0 spiro atoms. The van der Waals surface area contributed by atoms with Crippen LogP contribution >= 0.6 is 11.3 Å². The molecule has 2 heterocycles. The summed E-state index contributed by atoms with van der Waals surface area (Å²) >= 11 is 1.35. The molecule has 2 fully saturated rings. The fourth-order valence-electron chi connectivity index (χ4n) is 6.29. The summed E-state index contributed by atoms with van der Waals surface area (Å²) in [6, 6.07) is 11.9. The maximum absolute atomic E-state index is 14.2. The quantitative estimate of drug-likeness (QED) is 0.285. The molecule has 7 heteroatoms. The summed E-state index contributed by atoms with van der Waals surface area (Å²) in [6.07, 6.45) is 10.8. The van der Waals surface area contributed by atoms with Crippen molar-refractivity contribution in [1.82, 2.24) is 4.98 Å². The summed E-state index contributed by atoms with van der Waals surface area (Å²) in [5.41, 5.74) is 1.53. The van der Waals surface area contributed by atoms with Crippen LogP contribution < -0.4 is 9.64 Å². The predicted molar refractivity (Wildman–Crippen MR) is 161 cm³/mol. The third-order valence-corrected chi connectivity index (χ3v) is 9.87. The molecule has 1 aromatic carbocycles. The summed E-state index contributed by atoms with van der Waals surface area (Å²) in [6.45, 7) is 6.62. The Labute approximate surface area is 241 Å². The molecule has 0 saturated heterocycles. The summed E-state index contributed by atoms with van der Waals surface area (Å²) in [4.78, 5) is 34.3. The number of carboxylic acids is 1. The lowest BCUT2D eigenvalue weighted by Crippen LogP contribution is -2.47. The predicted octanol–water partition coefficient (Wildman–Crippen LogP) is 8.13. The van der Waals surface area contributed by atoms with Crippen LogP contribution in [-0.2, 0) is 11.2 Å². The van der Waals surface area contributed by atoms with Crippen molar-refractivity contribution in [3.63, 3.8) is 0 Å². The molecule has 2 saturated carbocycles. The number of hydrogen-bond acceptors (Lipinski definition) is 5. The SMILES string of the molecule is CC(C)CCc1cc(N(C(=O)C2CCC(C)CC2)C2CCC(Oc3ccnc4ccccc34)CC2)c(C(=O)O)s1. The second-order valence-electron chi connectivity index (χ2n) is 12.2. The van der Waals surface area contributed by atoms with E-state index in [2.05, 4.69) is 25.8 Å². The number of nitrogens with zero attached hydrogens (tertiary/aromatic N) is 2. The first kappa shape index (κ1) is 28.6. The minimum Gasteiger partial charge on any atom is -0.490 e. The van der Waals surface area contributed by atoms with Gasteiger partial charge in [0, 0.05) is 28.4 Å². The van der Waals surface area contributed by atoms with Gasteiger partial charge in [0.1, 0.15) is 10.6 Å². The molecule has 3 aromatic rings. The number of pyridine rings is 1. The smallest absolute Gasteiger partial charge is 0.348 e. The van der Waals surface area contributed by atoms with Crippen LogP contribution in [0.5, 0.6) is 5.75 Å². The van der Waals surface area contributed by atoms with Crippen LogP contribution in [0.3, 0.4) is 0 Å². The van der Waals surface area contributed by atoms with Gasteiger partial charge in [-0.2, -0.15) is 0 Å². The van der Waals surface area contributed by atoms with E-state index in [1.807, 2.05) is 41.3 Å². The number of aromatic carboxylic acids is 1. The molecular formula is C33H42N2O4S. The molecule has 0 bridgehead atoms. The number of ether oxygens (including phenoxy) is 1. The number of carboxylic acid groups (broad SMARTS) is 1. The molecule has 2 aliphatic carbocycles. The van der Waals surface area contributed by atoms with Crippen molar-refractivity contribution in [2.75, 3.05) is 4.90 Å². The molecule has 214 valence electrons. The van der Waals surface area contributed by atoms with Crippen molar-refractivity contribution in [3.05, 3.63) is 52.3 Å². The number of rotatable bonds is 9. The number of anilines is 1. The van der Waals surface area contributed by atoms with E-state index in [-0.39, 0.29) is 24.0 Å². The largest absolute Gasteiger partial charge is 0.490 e. The fraction of sp³-hybridized carbons (Fsp3) is 0.545. The Bertz CT molecular complexity index is 1310. The van der Waals surface area contributed by atoms with Crippen LogP contribution in [0.15, 0.2) is 42.6 Å². The molecule has 0 atom stereocenters. The van der Waals surface area contributed by atoms with E-state index >= 15 is 0 Å². The molecule has 2 aliphatic rings. The molecule has 0 radical (unpaired) electrons. The molecule has 1 N–H and O–H groups in total. The highest BCUT2D eigenvalue weighted by Crippen LogP contribution is 2.40. The summed E-state index contributed by atoms with van der Waals surface area (Å²) < 4.78 is 6.48. The van der Waals surface area contributed by atoms with Gasteiger partial charge in [-0.3, -0.25) is 9.78 Å². The number of carbonyl (C=O) groups is 2. The van der Waals surface area contributed by atoms with Crippen molar-refractivity contribution in [1.29, 1.82) is 0 Å². The number of benzene rings is 1. The lowest BCUT2D eigenvalue weighted by molar-refractivity contribution is -0.124. The van der Waals surface area contributed by atoms with Crippen LogP contribution in [0.25, 0.3) is 10.9 Å². The molecule has 2 aromatic heterocycles. The van der Waals surface area contributed by atoms with Crippen LogP contribution in [0.4, 0.5) is 5.69 Å². The lowest BCUT2D eigenvalue weighted by Gasteiger charge is -2.39. The molecule has 0 unspecified atom stereocenters. The number of fused-ring (bicyclic) bond motifs is 1. The Morgan fingerprint density at radius 3 is 2.48 bits per heavy atom. The minimum atomic E-state index is -0.938. The Hall–Kier alpha value is -2.93. The molecule has 0 aliphatic heterocycles. The highest BCUT2D eigenvalue weighted by atomic mass is 32.1. The Balaban J connectivity index is 1.37. The molecule has 1 amide bonds. The van der Waals surface area contributed by atoms with Crippen molar-refractivity contribution < 1.29 is 19.4 Å².